The Morgan fingerprint density at radius 1 is 0.970 bits per heavy atom. The topological polar surface area (TPSA) is 101 Å². The van der Waals surface area contributed by atoms with Gasteiger partial charge in [0.05, 0.1) is 4.90 Å². The van der Waals surface area contributed by atoms with E-state index in [0.29, 0.717) is 21.7 Å². The highest BCUT2D eigenvalue weighted by Gasteiger charge is 2.16. The van der Waals surface area contributed by atoms with Crippen molar-refractivity contribution >= 4 is 44.2 Å². The van der Waals surface area contributed by atoms with E-state index in [-0.39, 0.29) is 16.0 Å². The van der Waals surface area contributed by atoms with Crippen LogP contribution in [0.2, 0.25) is 5.02 Å². The van der Waals surface area contributed by atoms with Crippen molar-refractivity contribution in [3.63, 3.8) is 0 Å². The Balaban J connectivity index is 1.74. The lowest BCUT2D eigenvalue weighted by atomic mass is 10.1. The molecule has 0 fully saturated rings. The lowest BCUT2D eigenvalue weighted by Crippen LogP contribution is -2.27. The number of rotatable bonds is 5. The molecular weight excluding hydrogens is 462 g/mol. The van der Waals surface area contributed by atoms with E-state index in [1.54, 1.807) is 60.7 Å². The molecule has 1 aromatic heterocycles. The number of halogens is 1. The molecule has 7 nitrogen and oxygen atoms in total. The smallest absolute Gasteiger partial charge is 0.276 e. The number of amides is 1. The molecule has 0 saturated carbocycles. The number of anilines is 1. The number of carbonyl (C=O) groups excluding carboxylic acids is 1. The molecule has 0 unspecified atom stereocenters. The Labute approximate surface area is 195 Å². The molecule has 0 aliphatic heterocycles. The summed E-state index contributed by atoms with van der Waals surface area (Å²) >= 11 is 6.16. The van der Waals surface area contributed by atoms with E-state index < -0.39 is 15.9 Å². The summed E-state index contributed by atoms with van der Waals surface area (Å²) in [5.41, 5.74) is 2.59. The van der Waals surface area contributed by atoms with Crippen LogP contribution in [-0.2, 0) is 10.0 Å². The summed E-state index contributed by atoms with van der Waals surface area (Å²) in [4.78, 5) is 15.2. The fourth-order valence-corrected chi connectivity index (χ4v) is 4.04. The van der Waals surface area contributed by atoms with Crippen molar-refractivity contribution in [1.29, 1.82) is 0 Å². The Kier molecular flexibility index (Phi) is 6.22. The van der Waals surface area contributed by atoms with E-state index in [9.17, 15) is 13.2 Å². The molecular formula is C24H20ClN3O4S. The quantitative estimate of drug-likeness (QED) is 0.402. The first-order valence-electron chi connectivity index (χ1n) is 9.95. The summed E-state index contributed by atoms with van der Waals surface area (Å²) in [6.07, 6.45) is 0. The molecule has 0 aliphatic carbocycles. The molecule has 33 heavy (non-hydrogen) atoms. The van der Waals surface area contributed by atoms with Crippen molar-refractivity contribution in [3.05, 3.63) is 100 Å². The summed E-state index contributed by atoms with van der Waals surface area (Å²) in [6, 6.07) is 20.1. The van der Waals surface area contributed by atoms with Gasteiger partial charge in [-0.2, -0.15) is 13.2 Å². The van der Waals surface area contributed by atoms with Crippen LogP contribution < -0.4 is 15.7 Å². The Morgan fingerprint density at radius 3 is 2.42 bits per heavy atom. The lowest BCUT2D eigenvalue weighted by Gasteiger charge is -2.09. The maximum absolute atomic E-state index is 13.1. The van der Waals surface area contributed by atoms with Crippen molar-refractivity contribution < 1.29 is 17.6 Å². The summed E-state index contributed by atoms with van der Waals surface area (Å²) in [6.45, 7) is 3.71. The van der Waals surface area contributed by atoms with Crippen LogP contribution in [0.25, 0.3) is 11.0 Å². The molecule has 4 rings (SSSR count). The van der Waals surface area contributed by atoms with E-state index >= 15 is 0 Å². The van der Waals surface area contributed by atoms with Gasteiger partial charge in [0.15, 0.2) is 0 Å². The number of benzene rings is 3. The van der Waals surface area contributed by atoms with E-state index in [2.05, 4.69) is 15.2 Å². The standard InChI is InChI=1S/C24H20ClN3O4S/c1-15-7-11-19(12-8-15)33(30,31)28-27-24-20(13-17-5-3-4-6-22(17)32-24)23(29)26-18-10-9-16(2)21(25)14-18/h3-14,28H,1-2H3,(H,26,29). The normalized spacial score (nSPS) is 12.0. The molecule has 1 heterocycles. The van der Waals surface area contributed by atoms with Gasteiger partial charge in [-0.15, -0.1) is 5.10 Å². The Hall–Kier alpha value is -3.62. The zero-order chi connectivity index (χ0) is 23.6. The van der Waals surface area contributed by atoms with Crippen molar-refractivity contribution in [1.82, 2.24) is 4.83 Å². The van der Waals surface area contributed by atoms with Crippen molar-refractivity contribution in [2.75, 3.05) is 5.32 Å². The first-order chi connectivity index (χ1) is 15.7. The largest absolute Gasteiger partial charge is 0.436 e. The minimum atomic E-state index is -3.97. The van der Waals surface area contributed by atoms with Crippen molar-refractivity contribution in [3.8, 4) is 0 Å². The van der Waals surface area contributed by atoms with Gasteiger partial charge >= 0.3 is 0 Å². The second-order valence-corrected chi connectivity index (χ2v) is 9.51. The van der Waals surface area contributed by atoms with Gasteiger partial charge in [-0.3, -0.25) is 4.79 Å². The Bertz CT molecular complexity index is 1530. The predicted molar refractivity (Wildman–Crippen MR) is 127 cm³/mol. The molecule has 2 N–H and O–H groups in total. The molecule has 9 heteroatoms. The molecule has 0 saturated heterocycles. The molecule has 0 aliphatic rings. The van der Waals surface area contributed by atoms with Crippen LogP contribution in [0.1, 0.15) is 21.5 Å². The minimum absolute atomic E-state index is 0.0398. The first kappa shape index (κ1) is 22.6. The van der Waals surface area contributed by atoms with Gasteiger partial charge in [-0.1, -0.05) is 53.6 Å². The fourth-order valence-electron chi connectivity index (χ4n) is 3.06. The highest BCUT2D eigenvalue weighted by molar-refractivity contribution is 7.89. The van der Waals surface area contributed by atoms with Gasteiger partial charge in [0.25, 0.3) is 15.9 Å². The number of nitrogens with zero attached hydrogens (tertiary/aromatic N) is 1. The van der Waals surface area contributed by atoms with Gasteiger partial charge < -0.3 is 9.73 Å². The van der Waals surface area contributed by atoms with Crippen molar-refractivity contribution in [2.45, 2.75) is 18.7 Å². The molecule has 0 radical (unpaired) electrons. The molecule has 168 valence electrons. The summed E-state index contributed by atoms with van der Waals surface area (Å²) in [7, 11) is -3.97. The van der Waals surface area contributed by atoms with Gasteiger partial charge in [0.1, 0.15) is 11.1 Å². The maximum Gasteiger partial charge on any atom is 0.276 e. The monoisotopic (exact) mass is 481 g/mol. The van der Waals surface area contributed by atoms with E-state index in [4.69, 9.17) is 16.0 Å². The predicted octanol–water partition coefficient (Wildman–Crippen LogP) is 4.75. The highest BCUT2D eigenvalue weighted by atomic mass is 35.5. The van der Waals surface area contributed by atoms with E-state index in [1.165, 1.54) is 12.1 Å². The molecule has 1 amide bonds. The van der Waals surface area contributed by atoms with E-state index in [0.717, 1.165) is 11.1 Å². The average Bonchev–Trinajstić information content (AvgIpc) is 2.80. The SMILES string of the molecule is Cc1ccc(S(=O)(=O)NN=c2oc3ccccc3cc2C(=O)Nc2ccc(C)c(Cl)c2)cc1. The number of hydrogen-bond donors (Lipinski definition) is 2. The third-order valence-corrected chi connectivity index (χ3v) is 6.56. The van der Waals surface area contributed by atoms with Crippen LogP contribution in [0.3, 0.4) is 0 Å². The van der Waals surface area contributed by atoms with Crippen LogP contribution in [0.4, 0.5) is 5.69 Å². The second-order valence-electron chi connectivity index (χ2n) is 7.44. The number of fused-ring (bicyclic) bond motifs is 1. The third-order valence-electron chi connectivity index (χ3n) is 4.93. The molecule has 0 spiro atoms. The van der Waals surface area contributed by atoms with Crippen molar-refractivity contribution in [2.24, 2.45) is 5.10 Å². The van der Waals surface area contributed by atoms with Crippen LogP contribution in [0.15, 0.2) is 87.2 Å². The van der Waals surface area contributed by atoms with Crippen LogP contribution >= 0.6 is 11.6 Å². The number of nitrogens with one attached hydrogen (secondary N) is 2. The fraction of sp³-hybridized carbons (Fsp3) is 0.0833. The summed E-state index contributed by atoms with van der Waals surface area (Å²) in [5.74, 6) is -0.530. The zero-order valence-electron chi connectivity index (χ0n) is 17.8. The Morgan fingerprint density at radius 2 is 1.70 bits per heavy atom. The van der Waals surface area contributed by atoms with E-state index in [1.807, 2.05) is 13.8 Å². The summed E-state index contributed by atoms with van der Waals surface area (Å²) in [5, 5.41) is 7.84. The summed E-state index contributed by atoms with van der Waals surface area (Å²) < 4.78 is 31.1. The maximum atomic E-state index is 13.1. The first-order valence-corrected chi connectivity index (χ1v) is 11.8. The number of sulfonamides is 1. The van der Waals surface area contributed by atoms with Crippen LogP contribution in [0, 0.1) is 13.8 Å². The van der Waals surface area contributed by atoms with Crippen LogP contribution in [0.5, 0.6) is 0 Å². The number of carbonyl (C=O) groups is 1. The molecule has 3 aromatic carbocycles. The van der Waals surface area contributed by atoms with Gasteiger partial charge in [-0.25, -0.2) is 0 Å². The number of hydrogen-bond acceptors (Lipinski definition) is 5. The second kappa shape index (κ2) is 9.09. The number of aryl methyl sites for hydroxylation is 2. The zero-order valence-corrected chi connectivity index (χ0v) is 19.4. The molecule has 0 bridgehead atoms. The minimum Gasteiger partial charge on any atom is -0.436 e. The molecule has 0 atom stereocenters. The highest BCUT2D eigenvalue weighted by Crippen LogP contribution is 2.21. The third kappa shape index (κ3) is 5.08. The average molecular weight is 482 g/mol. The van der Waals surface area contributed by atoms with Gasteiger partial charge in [0, 0.05) is 16.1 Å². The number of para-hydroxylation sites is 1. The lowest BCUT2D eigenvalue weighted by molar-refractivity contribution is 0.102. The van der Waals surface area contributed by atoms with Gasteiger partial charge in [-0.05, 0) is 55.8 Å². The van der Waals surface area contributed by atoms with Gasteiger partial charge in [0.2, 0.25) is 5.55 Å². The molecule has 4 aromatic rings. The van der Waals surface area contributed by atoms with Crippen LogP contribution in [-0.4, -0.2) is 14.3 Å².